The monoisotopic (exact) mass is 351 g/mol. The zero-order valence-electron chi connectivity index (χ0n) is 15.1. The summed E-state index contributed by atoms with van der Waals surface area (Å²) in [7, 11) is 0. The summed E-state index contributed by atoms with van der Waals surface area (Å²) in [5, 5.41) is 13.0. The summed E-state index contributed by atoms with van der Waals surface area (Å²) in [6.07, 6.45) is 2.53. The summed E-state index contributed by atoms with van der Waals surface area (Å²) < 4.78 is 5.59. The number of ether oxygens (including phenoxy) is 1. The van der Waals surface area contributed by atoms with Crippen LogP contribution in [0.1, 0.15) is 41.1 Å². The van der Waals surface area contributed by atoms with Gasteiger partial charge in [0.25, 0.3) is 0 Å². The molecule has 1 aliphatic heterocycles. The lowest BCUT2D eigenvalue weighted by atomic mass is 9.74. The number of amides is 1. The Morgan fingerprint density at radius 1 is 1.23 bits per heavy atom. The first-order valence-corrected chi connectivity index (χ1v) is 9.37. The van der Waals surface area contributed by atoms with Crippen molar-refractivity contribution in [3.63, 3.8) is 0 Å². The third-order valence-corrected chi connectivity index (χ3v) is 5.50. The number of benzene rings is 2. The molecule has 0 unspecified atom stereocenters. The van der Waals surface area contributed by atoms with Gasteiger partial charge < -0.3 is 15.2 Å². The number of nitrogens with one attached hydrogen (secondary N) is 1. The molecule has 4 nitrogen and oxygen atoms in total. The Hall–Kier alpha value is -2.33. The first-order chi connectivity index (χ1) is 12.6. The quantitative estimate of drug-likeness (QED) is 0.870. The molecule has 4 heteroatoms. The first kappa shape index (κ1) is 17.1. The van der Waals surface area contributed by atoms with Crippen LogP contribution in [-0.4, -0.2) is 23.7 Å². The minimum atomic E-state index is -0.241. The molecule has 0 bridgehead atoms. The Morgan fingerprint density at radius 2 is 2.00 bits per heavy atom. The van der Waals surface area contributed by atoms with Crippen LogP contribution in [0.2, 0.25) is 0 Å². The van der Waals surface area contributed by atoms with E-state index >= 15 is 0 Å². The number of aliphatic hydroxyl groups excluding tert-OH is 1. The van der Waals surface area contributed by atoms with Gasteiger partial charge in [-0.1, -0.05) is 35.9 Å². The highest BCUT2D eigenvalue weighted by Gasteiger charge is 2.36. The fourth-order valence-electron chi connectivity index (χ4n) is 3.89. The molecule has 0 saturated heterocycles. The summed E-state index contributed by atoms with van der Waals surface area (Å²) in [4.78, 5) is 12.6. The number of carbonyl (C=O) groups is 1. The summed E-state index contributed by atoms with van der Waals surface area (Å²) in [5.41, 5.74) is 4.53. The summed E-state index contributed by atoms with van der Waals surface area (Å²) >= 11 is 0. The molecule has 1 saturated carbocycles. The number of hydrogen-bond donors (Lipinski definition) is 2. The molecule has 1 amide bonds. The van der Waals surface area contributed by atoms with E-state index in [9.17, 15) is 9.90 Å². The van der Waals surface area contributed by atoms with E-state index in [1.54, 1.807) is 0 Å². The number of hydrogen-bond acceptors (Lipinski definition) is 3. The van der Waals surface area contributed by atoms with E-state index in [0.29, 0.717) is 6.42 Å². The van der Waals surface area contributed by atoms with E-state index in [1.807, 2.05) is 43.3 Å². The van der Waals surface area contributed by atoms with E-state index < -0.39 is 0 Å². The summed E-state index contributed by atoms with van der Waals surface area (Å²) in [5.74, 6) is 1.26. The Morgan fingerprint density at radius 3 is 2.73 bits per heavy atom. The van der Waals surface area contributed by atoms with E-state index in [-0.39, 0.29) is 24.0 Å². The lowest BCUT2D eigenvalue weighted by Crippen LogP contribution is -2.41. The number of rotatable bonds is 5. The second-order valence-electron chi connectivity index (χ2n) is 7.56. The van der Waals surface area contributed by atoms with E-state index in [2.05, 4.69) is 11.4 Å². The predicted octanol–water partition coefficient (Wildman–Crippen LogP) is 3.10. The Kier molecular flexibility index (Phi) is 4.68. The predicted molar refractivity (Wildman–Crippen MR) is 100 cm³/mol. The van der Waals surface area contributed by atoms with Gasteiger partial charge in [0.1, 0.15) is 5.75 Å². The van der Waals surface area contributed by atoms with Crippen molar-refractivity contribution in [2.75, 3.05) is 6.61 Å². The van der Waals surface area contributed by atoms with E-state index in [0.717, 1.165) is 42.7 Å². The topological polar surface area (TPSA) is 58.6 Å². The van der Waals surface area contributed by atoms with E-state index in [4.69, 9.17) is 4.74 Å². The summed E-state index contributed by atoms with van der Waals surface area (Å²) in [6.45, 7) is 2.77. The van der Waals surface area contributed by atoms with Crippen LogP contribution in [0.15, 0.2) is 42.5 Å². The lowest BCUT2D eigenvalue weighted by molar-refractivity contribution is -0.122. The van der Waals surface area contributed by atoms with Gasteiger partial charge in [0.05, 0.1) is 25.2 Å². The zero-order valence-corrected chi connectivity index (χ0v) is 15.1. The normalized spacial score (nSPS) is 22.1. The molecule has 1 heterocycles. The van der Waals surface area contributed by atoms with Crippen molar-refractivity contribution < 1.29 is 14.6 Å². The van der Waals surface area contributed by atoms with Crippen LogP contribution in [-0.2, 0) is 17.6 Å². The smallest absolute Gasteiger partial charge is 0.224 e. The minimum absolute atomic E-state index is 0.0250. The molecule has 1 aliphatic carbocycles. The molecular weight excluding hydrogens is 326 g/mol. The van der Waals surface area contributed by atoms with Gasteiger partial charge in [0.15, 0.2) is 0 Å². The molecule has 1 fully saturated rings. The van der Waals surface area contributed by atoms with Crippen LogP contribution in [0, 0.1) is 12.8 Å². The van der Waals surface area contributed by atoms with Crippen LogP contribution in [0.25, 0.3) is 0 Å². The highest BCUT2D eigenvalue weighted by atomic mass is 16.5. The molecule has 0 aromatic heterocycles. The molecule has 2 aliphatic rings. The SMILES string of the molecule is Cc1ccc(CC(=O)N[C@@H](c2ccc3c(c2)CCO3)C2CC(O)C2)cc1. The van der Waals surface area contributed by atoms with Crippen LogP contribution >= 0.6 is 0 Å². The Balaban J connectivity index is 1.50. The van der Waals surface area contributed by atoms with Crippen molar-refractivity contribution in [1.82, 2.24) is 5.32 Å². The van der Waals surface area contributed by atoms with Crippen molar-refractivity contribution in [2.24, 2.45) is 5.92 Å². The van der Waals surface area contributed by atoms with Gasteiger partial charge in [-0.15, -0.1) is 0 Å². The second-order valence-corrected chi connectivity index (χ2v) is 7.56. The van der Waals surface area contributed by atoms with Crippen LogP contribution < -0.4 is 10.1 Å². The van der Waals surface area contributed by atoms with E-state index in [1.165, 1.54) is 11.1 Å². The van der Waals surface area contributed by atoms with Crippen LogP contribution in [0.5, 0.6) is 5.75 Å². The van der Waals surface area contributed by atoms with Gasteiger partial charge in [-0.3, -0.25) is 4.79 Å². The average molecular weight is 351 g/mol. The number of carbonyl (C=O) groups excluding carboxylic acids is 1. The van der Waals surface area contributed by atoms with Gasteiger partial charge in [0.2, 0.25) is 5.91 Å². The van der Waals surface area contributed by atoms with Gasteiger partial charge in [-0.05, 0) is 54.5 Å². The lowest BCUT2D eigenvalue weighted by Gasteiger charge is -2.38. The highest BCUT2D eigenvalue weighted by molar-refractivity contribution is 5.79. The first-order valence-electron chi connectivity index (χ1n) is 9.37. The zero-order chi connectivity index (χ0) is 18.1. The Labute approximate surface area is 154 Å². The largest absolute Gasteiger partial charge is 0.493 e. The number of aryl methyl sites for hydroxylation is 1. The molecule has 2 aromatic carbocycles. The second kappa shape index (κ2) is 7.12. The van der Waals surface area contributed by atoms with Crippen molar-refractivity contribution in [1.29, 1.82) is 0 Å². The van der Waals surface area contributed by atoms with Crippen molar-refractivity contribution in [3.05, 3.63) is 64.7 Å². The molecule has 0 spiro atoms. The molecule has 26 heavy (non-hydrogen) atoms. The molecule has 2 aromatic rings. The van der Waals surface area contributed by atoms with Crippen LogP contribution in [0.4, 0.5) is 0 Å². The van der Waals surface area contributed by atoms with Crippen molar-refractivity contribution in [3.8, 4) is 5.75 Å². The fraction of sp³-hybridized carbons (Fsp3) is 0.409. The van der Waals surface area contributed by atoms with Crippen LogP contribution in [0.3, 0.4) is 0 Å². The Bertz CT molecular complexity index is 794. The number of fused-ring (bicyclic) bond motifs is 1. The number of aliphatic hydroxyl groups is 1. The molecule has 4 rings (SSSR count). The molecule has 2 N–H and O–H groups in total. The molecular formula is C22H25NO3. The minimum Gasteiger partial charge on any atom is -0.493 e. The third-order valence-electron chi connectivity index (χ3n) is 5.50. The fourth-order valence-corrected chi connectivity index (χ4v) is 3.89. The van der Waals surface area contributed by atoms with Crippen molar-refractivity contribution in [2.45, 2.75) is 44.8 Å². The van der Waals surface area contributed by atoms with Gasteiger partial charge >= 0.3 is 0 Å². The summed E-state index contributed by atoms with van der Waals surface area (Å²) in [6, 6.07) is 14.2. The molecule has 136 valence electrons. The maximum Gasteiger partial charge on any atom is 0.224 e. The van der Waals surface area contributed by atoms with Gasteiger partial charge in [-0.25, -0.2) is 0 Å². The molecule has 0 radical (unpaired) electrons. The molecule has 1 atom stereocenters. The standard InChI is InChI=1S/C22H25NO3/c1-14-2-4-15(5-3-14)10-21(25)23-22(18-12-19(24)13-18)17-6-7-20-16(11-17)8-9-26-20/h2-7,11,18-19,22,24H,8-10,12-13H2,1H3,(H,23,25)/t18?,19?,22-/m0/s1. The van der Waals surface area contributed by atoms with Gasteiger partial charge in [0, 0.05) is 6.42 Å². The highest BCUT2D eigenvalue weighted by Crippen LogP contribution is 2.39. The van der Waals surface area contributed by atoms with Crippen molar-refractivity contribution >= 4 is 5.91 Å². The maximum atomic E-state index is 12.6. The maximum absolute atomic E-state index is 12.6. The van der Waals surface area contributed by atoms with Gasteiger partial charge in [-0.2, -0.15) is 0 Å². The average Bonchev–Trinajstić information content (AvgIpc) is 3.07. The third kappa shape index (κ3) is 3.61.